The monoisotopic (exact) mass is 426 g/mol. The van der Waals surface area contributed by atoms with E-state index in [2.05, 4.69) is 15.3 Å². The van der Waals surface area contributed by atoms with Crippen molar-refractivity contribution in [1.29, 1.82) is 0 Å². The Morgan fingerprint density at radius 3 is 2.60 bits per heavy atom. The molecule has 30 heavy (non-hydrogen) atoms. The number of anilines is 2. The zero-order valence-corrected chi connectivity index (χ0v) is 16.7. The van der Waals surface area contributed by atoms with E-state index < -0.39 is 29.8 Å². The van der Waals surface area contributed by atoms with Crippen LogP contribution < -0.4 is 10.2 Å². The van der Waals surface area contributed by atoms with Gasteiger partial charge in [0.05, 0.1) is 24.3 Å². The molecule has 6 nitrogen and oxygen atoms in total. The summed E-state index contributed by atoms with van der Waals surface area (Å²) in [6.07, 6.45) is -3.21. The second kappa shape index (κ2) is 8.55. The smallest absolute Gasteiger partial charge is 0.349 e. The molecular weight excluding hydrogens is 404 g/mol. The summed E-state index contributed by atoms with van der Waals surface area (Å²) in [5.41, 5.74) is -1.00. The fourth-order valence-corrected chi connectivity index (χ4v) is 3.35. The van der Waals surface area contributed by atoms with Crippen molar-refractivity contribution in [2.24, 2.45) is 5.92 Å². The fraction of sp³-hybridized carbons (Fsp3) is 0.450. The third-order valence-electron chi connectivity index (χ3n) is 5.00. The van der Waals surface area contributed by atoms with Crippen LogP contribution in [-0.4, -0.2) is 35.1 Å². The maximum Gasteiger partial charge on any atom is 0.416 e. The van der Waals surface area contributed by atoms with E-state index in [4.69, 9.17) is 4.74 Å². The Morgan fingerprint density at radius 2 is 2.00 bits per heavy atom. The van der Waals surface area contributed by atoms with Crippen molar-refractivity contribution in [2.45, 2.75) is 45.3 Å². The predicted molar refractivity (Wildman–Crippen MR) is 102 cm³/mol. The minimum Gasteiger partial charge on any atom is -0.349 e. The number of rotatable bonds is 6. The molecule has 1 aromatic carbocycles. The van der Waals surface area contributed by atoms with E-state index in [0.717, 1.165) is 12.1 Å². The molecule has 1 aromatic heterocycles. The van der Waals surface area contributed by atoms with Crippen LogP contribution in [0.4, 0.5) is 29.3 Å². The van der Waals surface area contributed by atoms with E-state index in [1.165, 1.54) is 6.20 Å². The van der Waals surface area contributed by atoms with E-state index >= 15 is 0 Å². The van der Waals surface area contributed by atoms with Gasteiger partial charge in [-0.25, -0.2) is 9.37 Å². The highest BCUT2D eigenvalue weighted by atomic mass is 19.4. The topological polar surface area (TPSA) is 67.3 Å². The number of nitrogens with zero attached hydrogens (tertiary/aromatic N) is 3. The highest BCUT2D eigenvalue weighted by molar-refractivity contribution is 5.64. The lowest BCUT2D eigenvalue weighted by molar-refractivity contribution is -0.137. The van der Waals surface area contributed by atoms with Gasteiger partial charge in [-0.05, 0) is 31.0 Å². The zero-order chi connectivity index (χ0) is 22.1. The van der Waals surface area contributed by atoms with Gasteiger partial charge < -0.3 is 15.0 Å². The van der Waals surface area contributed by atoms with Gasteiger partial charge in [0, 0.05) is 11.8 Å². The molecule has 1 aliphatic rings. The van der Waals surface area contributed by atoms with Crippen LogP contribution in [0.3, 0.4) is 0 Å². The Morgan fingerprint density at radius 1 is 1.27 bits per heavy atom. The number of aldehydes is 1. The van der Waals surface area contributed by atoms with Crippen molar-refractivity contribution in [3.05, 3.63) is 47.4 Å². The largest absolute Gasteiger partial charge is 0.416 e. The normalized spacial score (nSPS) is 20.5. The van der Waals surface area contributed by atoms with E-state index in [0.29, 0.717) is 24.8 Å². The second-order valence-electron chi connectivity index (χ2n) is 7.42. The number of hydrogen-bond donors (Lipinski definition) is 1. The van der Waals surface area contributed by atoms with Crippen LogP contribution in [0.15, 0.2) is 30.5 Å². The summed E-state index contributed by atoms with van der Waals surface area (Å²) in [5, 5.41) is 2.90. The standard InChI is InChI=1S/C20H22F4N4O2/c1-11(2)16-10-30-18(9-29)28(16)17-6-7-25-19(27-17)26-12(3)14-5-4-13(8-15(14)21)20(22,23)24/h4-9,11-12,16,18H,10H2,1-3H3,(H,25,26,27)/t12-,16+,18?/m0/s1. The van der Waals surface area contributed by atoms with Gasteiger partial charge in [0.25, 0.3) is 0 Å². The molecule has 0 bridgehead atoms. The lowest BCUT2D eigenvalue weighted by Gasteiger charge is -2.29. The number of carbonyl (C=O) groups excluding carboxylic acids is 1. The molecular formula is C20H22F4N4O2. The molecule has 2 aromatic rings. The number of alkyl halides is 3. The molecule has 1 N–H and O–H groups in total. The van der Waals surface area contributed by atoms with Gasteiger partial charge in [-0.3, -0.25) is 4.79 Å². The Hall–Kier alpha value is -2.75. The van der Waals surface area contributed by atoms with E-state index in [-0.39, 0.29) is 23.5 Å². The molecule has 3 atom stereocenters. The van der Waals surface area contributed by atoms with Crippen LogP contribution >= 0.6 is 0 Å². The summed E-state index contributed by atoms with van der Waals surface area (Å²) in [4.78, 5) is 21.7. The zero-order valence-electron chi connectivity index (χ0n) is 16.7. The van der Waals surface area contributed by atoms with Crippen molar-refractivity contribution in [3.63, 3.8) is 0 Å². The Bertz CT molecular complexity index is 907. The number of aromatic nitrogens is 2. The molecule has 0 spiro atoms. The third kappa shape index (κ3) is 4.53. The average Bonchev–Trinajstić information content (AvgIpc) is 3.11. The van der Waals surface area contributed by atoms with Gasteiger partial charge in [-0.15, -0.1) is 0 Å². The molecule has 162 valence electrons. The molecule has 3 rings (SSSR count). The maximum absolute atomic E-state index is 14.3. The number of halogens is 4. The fourth-order valence-electron chi connectivity index (χ4n) is 3.35. The number of ether oxygens (including phenoxy) is 1. The minimum atomic E-state index is -4.62. The first-order valence-electron chi connectivity index (χ1n) is 9.43. The molecule has 0 amide bonds. The molecule has 1 aliphatic heterocycles. The molecule has 1 fully saturated rings. The number of carbonyl (C=O) groups is 1. The van der Waals surface area contributed by atoms with Crippen molar-refractivity contribution < 1.29 is 27.1 Å². The summed E-state index contributed by atoms with van der Waals surface area (Å²) in [7, 11) is 0. The molecule has 10 heteroatoms. The van der Waals surface area contributed by atoms with Crippen LogP contribution in [-0.2, 0) is 15.7 Å². The molecule has 2 heterocycles. The number of hydrogen-bond acceptors (Lipinski definition) is 6. The average molecular weight is 426 g/mol. The van der Waals surface area contributed by atoms with Crippen LogP contribution in [0, 0.1) is 11.7 Å². The Labute approximate surface area is 171 Å². The van der Waals surface area contributed by atoms with Gasteiger partial charge in [0.1, 0.15) is 11.6 Å². The van der Waals surface area contributed by atoms with Gasteiger partial charge in [-0.2, -0.15) is 18.2 Å². The summed E-state index contributed by atoms with van der Waals surface area (Å²) in [5.74, 6) is -0.171. The van der Waals surface area contributed by atoms with Gasteiger partial charge in [-0.1, -0.05) is 19.9 Å². The molecule has 1 saturated heterocycles. The quantitative estimate of drug-likeness (QED) is 0.552. The predicted octanol–water partition coefficient (Wildman–Crippen LogP) is 4.19. The minimum absolute atomic E-state index is 0.0485. The van der Waals surface area contributed by atoms with Gasteiger partial charge >= 0.3 is 6.18 Å². The highest BCUT2D eigenvalue weighted by Crippen LogP contribution is 2.32. The summed E-state index contributed by atoms with van der Waals surface area (Å²) >= 11 is 0. The van der Waals surface area contributed by atoms with Crippen molar-refractivity contribution in [3.8, 4) is 0 Å². The number of benzene rings is 1. The molecule has 1 unspecified atom stereocenters. The second-order valence-corrected chi connectivity index (χ2v) is 7.42. The van der Waals surface area contributed by atoms with Crippen molar-refractivity contribution in [2.75, 3.05) is 16.8 Å². The first-order chi connectivity index (χ1) is 14.1. The Balaban J connectivity index is 1.82. The molecule has 0 aliphatic carbocycles. The molecule has 0 radical (unpaired) electrons. The van der Waals surface area contributed by atoms with E-state index in [1.54, 1.807) is 17.9 Å². The lowest BCUT2D eigenvalue weighted by Crippen LogP contribution is -2.41. The summed E-state index contributed by atoms with van der Waals surface area (Å²) in [6, 6.07) is 3.26. The van der Waals surface area contributed by atoms with Crippen molar-refractivity contribution >= 4 is 18.1 Å². The Kier molecular flexibility index (Phi) is 6.25. The van der Waals surface area contributed by atoms with E-state index in [1.807, 2.05) is 13.8 Å². The third-order valence-corrected chi connectivity index (χ3v) is 5.00. The number of nitrogens with one attached hydrogen (secondary N) is 1. The van der Waals surface area contributed by atoms with Crippen molar-refractivity contribution in [1.82, 2.24) is 9.97 Å². The highest BCUT2D eigenvalue weighted by Gasteiger charge is 2.37. The van der Waals surface area contributed by atoms with Crippen LogP contribution in [0.5, 0.6) is 0 Å². The van der Waals surface area contributed by atoms with Gasteiger partial charge in [0.2, 0.25) is 5.95 Å². The van der Waals surface area contributed by atoms with Crippen LogP contribution in [0.1, 0.15) is 37.9 Å². The first-order valence-corrected chi connectivity index (χ1v) is 9.43. The van der Waals surface area contributed by atoms with Gasteiger partial charge in [0.15, 0.2) is 12.5 Å². The van der Waals surface area contributed by atoms with E-state index in [9.17, 15) is 22.4 Å². The lowest BCUT2D eigenvalue weighted by atomic mass is 10.0. The SMILES string of the molecule is CC(C)[C@H]1COC(C=O)N1c1ccnc(N[C@@H](C)c2ccc(C(F)(F)F)cc2F)n1. The summed E-state index contributed by atoms with van der Waals surface area (Å²) in [6.45, 7) is 5.97. The van der Waals surface area contributed by atoms with Crippen LogP contribution in [0.25, 0.3) is 0 Å². The summed E-state index contributed by atoms with van der Waals surface area (Å²) < 4.78 is 58.0. The molecule has 0 saturated carbocycles. The maximum atomic E-state index is 14.3. The van der Waals surface area contributed by atoms with Crippen LogP contribution in [0.2, 0.25) is 0 Å². The first kappa shape index (κ1) is 21.9.